The number of carbonyl (C=O) groups is 1. The van der Waals surface area contributed by atoms with Gasteiger partial charge in [-0.2, -0.15) is 0 Å². The first kappa shape index (κ1) is 19.0. The van der Waals surface area contributed by atoms with Gasteiger partial charge >= 0.3 is 6.03 Å². The molecule has 2 aromatic carbocycles. The van der Waals surface area contributed by atoms with Gasteiger partial charge in [0, 0.05) is 6.54 Å². The number of ether oxygens (including phenoxy) is 2. The minimum atomic E-state index is -3.79. The number of hydrogen-bond acceptors (Lipinski definition) is 5. The van der Waals surface area contributed by atoms with Crippen molar-refractivity contribution in [1.29, 1.82) is 0 Å². The molecule has 0 radical (unpaired) electrons. The molecule has 0 saturated carbocycles. The predicted octanol–water partition coefficient (Wildman–Crippen LogP) is 1.67. The van der Waals surface area contributed by atoms with Gasteiger partial charge in [0.25, 0.3) is 0 Å². The summed E-state index contributed by atoms with van der Waals surface area (Å²) < 4.78 is 33.9. The van der Waals surface area contributed by atoms with Crippen LogP contribution in [0.2, 0.25) is 0 Å². The van der Waals surface area contributed by atoms with Crippen LogP contribution in [-0.4, -0.2) is 27.7 Å². The van der Waals surface area contributed by atoms with Crippen LogP contribution in [0.3, 0.4) is 0 Å². The molecule has 8 nitrogen and oxygen atoms in total. The number of fused-ring (bicyclic) bond motifs is 1. The molecular formula is C18H21N3O5S. The summed E-state index contributed by atoms with van der Waals surface area (Å²) in [6, 6.07) is 10.9. The van der Waals surface area contributed by atoms with E-state index in [4.69, 9.17) is 14.6 Å². The second-order valence-electron chi connectivity index (χ2n) is 6.14. The Balaban J connectivity index is 1.58. The Labute approximate surface area is 157 Å². The third-order valence-corrected chi connectivity index (χ3v) is 5.00. The summed E-state index contributed by atoms with van der Waals surface area (Å²) in [7, 11) is -3.79. The second-order valence-corrected chi connectivity index (χ2v) is 7.71. The van der Waals surface area contributed by atoms with Crippen molar-refractivity contribution < 1.29 is 22.7 Å². The van der Waals surface area contributed by atoms with Crippen molar-refractivity contribution in [1.82, 2.24) is 10.6 Å². The summed E-state index contributed by atoms with van der Waals surface area (Å²) in [6.07, 6.45) is 0. The standard InChI is InChI=1S/C18H21N3O5S/c1-12(14-3-2-4-15(10-14)27(19,23)24)21-18(22)20-11-13-5-6-16-17(9-13)26-8-7-25-16/h2-6,9-10,12H,7-8,11H2,1H3,(H2,19,23,24)(H2,20,21,22)/t12-/m0/s1. The lowest BCUT2D eigenvalue weighted by molar-refractivity contribution is 0.171. The van der Waals surface area contributed by atoms with E-state index in [0.717, 1.165) is 5.56 Å². The van der Waals surface area contributed by atoms with Crippen molar-refractivity contribution in [2.45, 2.75) is 24.4 Å². The monoisotopic (exact) mass is 391 g/mol. The molecular weight excluding hydrogens is 370 g/mol. The van der Waals surface area contributed by atoms with Gasteiger partial charge in [-0.25, -0.2) is 18.4 Å². The normalized spacial score (nSPS) is 14.3. The maximum atomic E-state index is 12.1. The van der Waals surface area contributed by atoms with Crippen molar-refractivity contribution in [3.63, 3.8) is 0 Å². The van der Waals surface area contributed by atoms with Gasteiger partial charge in [0.1, 0.15) is 13.2 Å². The molecule has 0 saturated heterocycles. The van der Waals surface area contributed by atoms with Crippen molar-refractivity contribution in [2.24, 2.45) is 5.14 Å². The van der Waals surface area contributed by atoms with Crippen LogP contribution in [0, 0.1) is 0 Å². The van der Waals surface area contributed by atoms with E-state index in [1.54, 1.807) is 19.1 Å². The number of nitrogens with one attached hydrogen (secondary N) is 2. The summed E-state index contributed by atoms with van der Waals surface area (Å²) in [6.45, 7) is 3.09. The third kappa shape index (κ3) is 4.89. The molecule has 3 rings (SSSR count). The molecule has 0 aliphatic carbocycles. The molecule has 0 unspecified atom stereocenters. The third-order valence-electron chi connectivity index (χ3n) is 4.09. The molecule has 0 spiro atoms. The highest BCUT2D eigenvalue weighted by molar-refractivity contribution is 7.89. The van der Waals surface area contributed by atoms with Gasteiger partial charge in [-0.1, -0.05) is 18.2 Å². The number of primary sulfonamides is 1. The van der Waals surface area contributed by atoms with Gasteiger partial charge in [0.05, 0.1) is 10.9 Å². The zero-order chi connectivity index (χ0) is 19.4. The smallest absolute Gasteiger partial charge is 0.315 e. The average Bonchev–Trinajstić information content (AvgIpc) is 2.65. The zero-order valence-electron chi connectivity index (χ0n) is 14.8. The number of carbonyl (C=O) groups excluding carboxylic acids is 1. The fourth-order valence-electron chi connectivity index (χ4n) is 2.67. The molecule has 0 bridgehead atoms. The lowest BCUT2D eigenvalue weighted by Gasteiger charge is -2.19. The van der Waals surface area contributed by atoms with E-state index in [9.17, 15) is 13.2 Å². The summed E-state index contributed by atoms with van der Waals surface area (Å²) in [5.41, 5.74) is 1.51. The number of amides is 2. The average molecular weight is 391 g/mol. The van der Waals surface area contributed by atoms with Crippen LogP contribution in [0.5, 0.6) is 11.5 Å². The van der Waals surface area contributed by atoms with Crippen LogP contribution >= 0.6 is 0 Å². The first-order valence-corrected chi connectivity index (χ1v) is 9.93. The number of hydrogen-bond donors (Lipinski definition) is 3. The van der Waals surface area contributed by atoms with Crippen LogP contribution in [0.25, 0.3) is 0 Å². The molecule has 0 fully saturated rings. The van der Waals surface area contributed by atoms with Crippen LogP contribution < -0.4 is 25.2 Å². The maximum absolute atomic E-state index is 12.1. The highest BCUT2D eigenvalue weighted by Gasteiger charge is 2.14. The summed E-state index contributed by atoms with van der Waals surface area (Å²) in [5.74, 6) is 1.35. The van der Waals surface area contributed by atoms with Gasteiger partial charge in [0.15, 0.2) is 11.5 Å². The largest absolute Gasteiger partial charge is 0.486 e. The number of sulfonamides is 1. The van der Waals surface area contributed by atoms with E-state index in [-0.39, 0.29) is 10.9 Å². The molecule has 1 atom stereocenters. The lowest BCUT2D eigenvalue weighted by atomic mass is 10.1. The number of benzene rings is 2. The van der Waals surface area contributed by atoms with E-state index in [2.05, 4.69) is 10.6 Å². The number of nitrogens with two attached hydrogens (primary N) is 1. The molecule has 0 aromatic heterocycles. The fourth-order valence-corrected chi connectivity index (χ4v) is 3.24. The Kier molecular flexibility index (Phi) is 5.52. The molecule has 1 aliphatic heterocycles. The molecule has 1 heterocycles. The Morgan fingerprint density at radius 2 is 1.89 bits per heavy atom. The molecule has 1 aliphatic rings. The first-order chi connectivity index (χ1) is 12.8. The highest BCUT2D eigenvalue weighted by Crippen LogP contribution is 2.30. The van der Waals surface area contributed by atoms with Gasteiger partial charge in [-0.15, -0.1) is 0 Å². The van der Waals surface area contributed by atoms with Crippen molar-refractivity contribution in [3.05, 3.63) is 53.6 Å². The van der Waals surface area contributed by atoms with E-state index >= 15 is 0 Å². The zero-order valence-corrected chi connectivity index (χ0v) is 15.6. The summed E-state index contributed by atoms with van der Waals surface area (Å²) in [4.78, 5) is 12.2. The maximum Gasteiger partial charge on any atom is 0.315 e. The van der Waals surface area contributed by atoms with Crippen LogP contribution in [-0.2, 0) is 16.6 Å². The van der Waals surface area contributed by atoms with E-state index < -0.39 is 16.1 Å². The summed E-state index contributed by atoms with van der Waals surface area (Å²) in [5, 5.41) is 10.7. The lowest BCUT2D eigenvalue weighted by Crippen LogP contribution is -2.36. The first-order valence-electron chi connectivity index (χ1n) is 8.38. The van der Waals surface area contributed by atoms with E-state index in [0.29, 0.717) is 36.8 Å². The van der Waals surface area contributed by atoms with Crippen molar-refractivity contribution in [2.75, 3.05) is 13.2 Å². The molecule has 9 heteroatoms. The van der Waals surface area contributed by atoms with Gasteiger partial charge in [0.2, 0.25) is 10.0 Å². The predicted molar refractivity (Wildman–Crippen MR) is 99.0 cm³/mol. The van der Waals surface area contributed by atoms with Crippen LogP contribution in [0.1, 0.15) is 24.1 Å². The molecule has 144 valence electrons. The Morgan fingerprint density at radius 1 is 1.15 bits per heavy atom. The van der Waals surface area contributed by atoms with Crippen molar-refractivity contribution >= 4 is 16.1 Å². The van der Waals surface area contributed by atoms with Crippen LogP contribution in [0.4, 0.5) is 4.79 Å². The number of urea groups is 1. The minimum Gasteiger partial charge on any atom is -0.486 e. The van der Waals surface area contributed by atoms with Crippen molar-refractivity contribution in [3.8, 4) is 11.5 Å². The highest BCUT2D eigenvalue weighted by atomic mass is 32.2. The minimum absolute atomic E-state index is 0.00494. The van der Waals surface area contributed by atoms with E-state index in [1.807, 2.05) is 18.2 Å². The van der Waals surface area contributed by atoms with Gasteiger partial charge in [-0.3, -0.25) is 0 Å². The second kappa shape index (κ2) is 7.85. The Morgan fingerprint density at radius 3 is 2.63 bits per heavy atom. The Bertz CT molecular complexity index is 946. The Hall–Kier alpha value is -2.78. The molecule has 2 amide bonds. The molecule has 27 heavy (non-hydrogen) atoms. The summed E-state index contributed by atoms with van der Waals surface area (Å²) >= 11 is 0. The van der Waals surface area contributed by atoms with E-state index in [1.165, 1.54) is 12.1 Å². The SMILES string of the molecule is C[C@H](NC(=O)NCc1ccc2c(c1)OCCO2)c1cccc(S(N)(=O)=O)c1. The van der Waals surface area contributed by atoms with Gasteiger partial charge < -0.3 is 20.1 Å². The molecule has 4 N–H and O–H groups in total. The van der Waals surface area contributed by atoms with Gasteiger partial charge in [-0.05, 0) is 42.3 Å². The van der Waals surface area contributed by atoms with Crippen LogP contribution in [0.15, 0.2) is 47.4 Å². The number of rotatable bonds is 5. The molecule has 2 aromatic rings. The fraction of sp³-hybridized carbons (Fsp3) is 0.278. The quantitative estimate of drug-likeness (QED) is 0.716. The topological polar surface area (TPSA) is 120 Å².